The van der Waals surface area contributed by atoms with Gasteiger partial charge in [-0.3, -0.25) is 9.59 Å². The van der Waals surface area contributed by atoms with Crippen molar-refractivity contribution >= 4 is 17.8 Å². The molecule has 3 aromatic carbocycles. The summed E-state index contributed by atoms with van der Waals surface area (Å²) in [6, 6.07) is 15.0. The first-order chi connectivity index (χ1) is 21.6. The summed E-state index contributed by atoms with van der Waals surface area (Å²) in [6.45, 7) is 0. The highest BCUT2D eigenvalue weighted by Crippen LogP contribution is 2.24. The third-order valence-electron chi connectivity index (χ3n) is 7.79. The van der Waals surface area contributed by atoms with Crippen molar-refractivity contribution in [2.45, 2.75) is 82.4 Å². The van der Waals surface area contributed by atoms with Gasteiger partial charge in [-0.15, -0.1) is 0 Å². The molecule has 240 valence electrons. The van der Waals surface area contributed by atoms with Crippen LogP contribution in [0.4, 0.5) is 22.0 Å². The normalized spacial score (nSPS) is 15.3. The highest BCUT2D eigenvalue weighted by Gasteiger charge is 2.31. The highest BCUT2D eigenvalue weighted by atomic mass is 19.2. The van der Waals surface area contributed by atoms with E-state index in [4.69, 9.17) is 4.74 Å². The van der Waals surface area contributed by atoms with Gasteiger partial charge in [0, 0.05) is 18.4 Å². The van der Waals surface area contributed by atoms with Crippen LogP contribution in [-0.2, 0) is 38.4 Å². The number of nitrogens with one attached hydrogen (secondary N) is 2. The topological polar surface area (TPSA) is 84.5 Å². The van der Waals surface area contributed by atoms with E-state index in [1.807, 2.05) is 0 Å². The quantitative estimate of drug-likeness (QED) is 0.117. The molecule has 0 saturated heterocycles. The first-order valence-electron chi connectivity index (χ1n) is 15.0. The van der Waals surface area contributed by atoms with Crippen molar-refractivity contribution in [2.75, 3.05) is 0 Å². The van der Waals surface area contributed by atoms with Gasteiger partial charge >= 0.3 is 5.97 Å². The number of carbonyl (C=O) groups is 3. The number of amides is 2. The lowest BCUT2D eigenvalue weighted by Gasteiger charge is -2.26. The molecule has 0 heterocycles. The Morgan fingerprint density at radius 2 is 1.11 bits per heavy atom. The number of carbonyl (C=O) groups excluding carboxylic acids is 3. The summed E-state index contributed by atoms with van der Waals surface area (Å²) in [7, 11) is 0. The van der Waals surface area contributed by atoms with Crippen LogP contribution in [0.2, 0.25) is 0 Å². The monoisotopic (exact) mass is 630 g/mol. The van der Waals surface area contributed by atoms with Crippen LogP contribution in [0.25, 0.3) is 0 Å². The lowest BCUT2D eigenvalue weighted by Crippen LogP contribution is -2.54. The lowest BCUT2D eigenvalue weighted by molar-refractivity contribution is -0.154. The van der Waals surface area contributed by atoms with Crippen LogP contribution in [0.3, 0.4) is 0 Å². The Kier molecular flexibility index (Phi) is 12.1. The van der Waals surface area contributed by atoms with E-state index in [-0.39, 0.29) is 18.9 Å². The van der Waals surface area contributed by atoms with Crippen molar-refractivity contribution in [3.8, 4) is 0 Å². The van der Waals surface area contributed by atoms with E-state index in [1.165, 1.54) is 0 Å². The molecule has 6 nitrogen and oxygen atoms in total. The maximum absolute atomic E-state index is 14.3. The fourth-order valence-corrected chi connectivity index (χ4v) is 5.37. The third-order valence-corrected chi connectivity index (χ3v) is 7.79. The lowest BCUT2D eigenvalue weighted by atomic mass is 9.98. The summed E-state index contributed by atoms with van der Waals surface area (Å²) in [4.78, 5) is 40.0. The van der Waals surface area contributed by atoms with Crippen molar-refractivity contribution in [2.24, 2.45) is 0 Å². The largest absolute Gasteiger partial charge is 0.461 e. The molecule has 0 bridgehead atoms. The minimum atomic E-state index is -2.34. The molecule has 11 heteroatoms. The van der Waals surface area contributed by atoms with Crippen molar-refractivity contribution in [1.82, 2.24) is 10.6 Å². The Bertz CT molecular complexity index is 1440. The van der Waals surface area contributed by atoms with Gasteiger partial charge in [-0.1, -0.05) is 79.9 Å². The van der Waals surface area contributed by atoms with Gasteiger partial charge in [0.2, 0.25) is 17.6 Å². The van der Waals surface area contributed by atoms with Gasteiger partial charge in [-0.25, -0.2) is 26.7 Å². The molecule has 1 aliphatic rings. The second-order valence-electron chi connectivity index (χ2n) is 11.2. The minimum absolute atomic E-state index is 0.0920. The molecule has 1 saturated carbocycles. The Labute approximate surface area is 258 Å². The number of hydrogen-bond donors (Lipinski definition) is 2. The first-order valence-corrected chi connectivity index (χ1v) is 15.0. The molecular formula is C34H35F5N2O4. The number of rotatable bonds is 11. The van der Waals surface area contributed by atoms with Gasteiger partial charge in [0.15, 0.2) is 23.3 Å². The molecule has 4 rings (SSSR count). The zero-order chi connectivity index (χ0) is 32.3. The van der Waals surface area contributed by atoms with E-state index in [1.54, 1.807) is 60.7 Å². The molecule has 0 unspecified atom stereocenters. The Morgan fingerprint density at radius 3 is 1.64 bits per heavy atom. The standard InChI is InChI=1S/C34H35F5N2O4/c35-28-24(29(36)31(38)32(39)30(28)37)20-27(42)40-25(18-21-12-6-4-7-13-21)33(43)41-26(19-22-14-8-5-9-15-22)34(44)45-23-16-10-2-1-3-11-17-23/h4-9,12-15,23,25-26H,1-3,10-11,16-20H2,(H,40,42)(H,41,43)/t25-,26-/m0/s1. The van der Waals surface area contributed by atoms with E-state index in [9.17, 15) is 36.3 Å². The van der Waals surface area contributed by atoms with E-state index in [0.29, 0.717) is 18.4 Å². The predicted octanol–water partition coefficient (Wildman–Crippen LogP) is 6.04. The Balaban J connectivity index is 1.55. The third kappa shape index (κ3) is 9.36. The average Bonchev–Trinajstić information content (AvgIpc) is 3.02. The summed E-state index contributed by atoms with van der Waals surface area (Å²) in [5, 5.41) is 5.03. The maximum atomic E-state index is 14.3. The van der Waals surface area contributed by atoms with Crippen LogP contribution in [0.1, 0.15) is 61.6 Å². The predicted molar refractivity (Wildman–Crippen MR) is 156 cm³/mol. The van der Waals surface area contributed by atoms with Crippen LogP contribution in [-0.4, -0.2) is 36.0 Å². The summed E-state index contributed by atoms with van der Waals surface area (Å²) in [5.41, 5.74) is 0.0192. The first kappa shape index (κ1) is 33.6. The molecule has 0 radical (unpaired) electrons. The molecule has 2 amide bonds. The number of esters is 1. The number of benzene rings is 3. The smallest absolute Gasteiger partial charge is 0.329 e. The van der Waals surface area contributed by atoms with Crippen molar-refractivity contribution < 1.29 is 41.1 Å². The molecular weight excluding hydrogens is 595 g/mol. The van der Waals surface area contributed by atoms with Gasteiger partial charge in [-0.2, -0.15) is 0 Å². The number of halogens is 5. The van der Waals surface area contributed by atoms with E-state index in [2.05, 4.69) is 10.6 Å². The minimum Gasteiger partial charge on any atom is -0.461 e. The van der Waals surface area contributed by atoms with Crippen LogP contribution in [0, 0.1) is 29.1 Å². The SMILES string of the molecule is O=C(Cc1c(F)c(F)c(F)c(F)c1F)N[C@@H](Cc1ccccc1)C(=O)N[C@@H](Cc1ccccc1)C(=O)OC1CCCCCCC1. The Morgan fingerprint density at radius 1 is 0.644 bits per heavy atom. The van der Waals surface area contributed by atoms with Crippen LogP contribution < -0.4 is 10.6 Å². The van der Waals surface area contributed by atoms with Crippen LogP contribution >= 0.6 is 0 Å². The second kappa shape index (κ2) is 16.2. The Hall–Kier alpha value is -4.28. The van der Waals surface area contributed by atoms with Crippen LogP contribution in [0.15, 0.2) is 60.7 Å². The molecule has 0 aromatic heterocycles. The molecule has 2 atom stereocenters. The van der Waals surface area contributed by atoms with Crippen molar-refractivity contribution in [1.29, 1.82) is 0 Å². The summed E-state index contributed by atoms with van der Waals surface area (Å²) in [6.07, 6.45) is 4.96. The summed E-state index contributed by atoms with van der Waals surface area (Å²) in [5.74, 6) is -13.6. The van der Waals surface area contributed by atoms with Crippen molar-refractivity contribution in [3.05, 3.63) is 106 Å². The molecule has 2 N–H and O–H groups in total. The number of hydrogen-bond acceptors (Lipinski definition) is 4. The van der Waals surface area contributed by atoms with Gasteiger partial charge < -0.3 is 15.4 Å². The zero-order valence-corrected chi connectivity index (χ0v) is 24.6. The molecule has 3 aromatic rings. The van der Waals surface area contributed by atoms with E-state index >= 15 is 0 Å². The summed E-state index contributed by atoms with van der Waals surface area (Å²) < 4.78 is 75.4. The van der Waals surface area contributed by atoms with E-state index in [0.717, 1.165) is 37.7 Å². The van der Waals surface area contributed by atoms with Gasteiger partial charge in [0.05, 0.1) is 6.42 Å². The molecule has 1 fully saturated rings. The molecule has 45 heavy (non-hydrogen) atoms. The number of ether oxygens (including phenoxy) is 1. The van der Waals surface area contributed by atoms with Gasteiger partial charge in [0.25, 0.3) is 0 Å². The van der Waals surface area contributed by atoms with Gasteiger partial charge in [0.1, 0.15) is 18.2 Å². The average molecular weight is 631 g/mol. The summed E-state index contributed by atoms with van der Waals surface area (Å²) >= 11 is 0. The fourth-order valence-electron chi connectivity index (χ4n) is 5.37. The fraction of sp³-hybridized carbons (Fsp3) is 0.382. The highest BCUT2D eigenvalue weighted by molar-refractivity contribution is 5.91. The van der Waals surface area contributed by atoms with Crippen molar-refractivity contribution in [3.63, 3.8) is 0 Å². The van der Waals surface area contributed by atoms with Crippen LogP contribution in [0.5, 0.6) is 0 Å². The van der Waals surface area contributed by atoms with E-state index < -0.39 is 70.9 Å². The zero-order valence-electron chi connectivity index (χ0n) is 24.6. The maximum Gasteiger partial charge on any atom is 0.329 e. The molecule has 1 aliphatic carbocycles. The second-order valence-corrected chi connectivity index (χ2v) is 11.2. The molecule has 0 aliphatic heterocycles. The van der Waals surface area contributed by atoms with Gasteiger partial charge in [-0.05, 0) is 36.8 Å². The molecule has 0 spiro atoms.